The van der Waals surface area contributed by atoms with Gasteiger partial charge in [-0.2, -0.15) is 18.3 Å². The molecular formula is C23H20F3N5O. The molecule has 1 atom stereocenters. The Bertz CT molecular complexity index is 1170. The number of aromatic nitrogens is 4. The first-order valence-electron chi connectivity index (χ1n) is 9.94. The predicted molar refractivity (Wildman–Crippen MR) is 112 cm³/mol. The summed E-state index contributed by atoms with van der Waals surface area (Å²) in [6, 6.07) is 15.8. The quantitative estimate of drug-likeness (QED) is 0.453. The fourth-order valence-electron chi connectivity index (χ4n) is 3.41. The summed E-state index contributed by atoms with van der Waals surface area (Å²) in [5.41, 5.74) is 1.49. The summed E-state index contributed by atoms with van der Waals surface area (Å²) in [7, 11) is 0. The van der Waals surface area contributed by atoms with Crippen LogP contribution in [0, 0.1) is 0 Å². The van der Waals surface area contributed by atoms with Crippen LogP contribution in [0.3, 0.4) is 0 Å². The molecule has 9 heteroatoms. The van der Waals surface area contributed by atoms with E-state index in [2.05, 4.69) is 20.4 Å². The maximum absolute atomic E-state index is 13.0. The van der Waals surface area contributed by atoms with Gasteiger partial charge in [0.2, 0.25) is 0 Å². The van der Waals surface area contributed by atoms with Crippen molar-refractivity contribution in [3.8, 4) is 5.69 Å². The number of H-pyrrole nitrogens is 1. The van der Waals surface area contributed by atoms with E-state index in [1.54, 1.807) is 12.5 Å². The van der Waals surface area contributed by atoms with Crippen LogP contribution in [0.4, 0.5) is 13.2 Å². The van der Waals surface area contributed by atoms with Crippen LogP contribution in [0.15, 0.2) is 79.4 Å². The summed E-state index contributed by atoms with van der Waals surface area (Å²) in [5, 5.41) is 7.16. The Labute approximate surface area is 182 Å². The molecule has 0 fully saturated rings. The molecule has 6 nitrogen and oxygen atoms in total. The lowest BCUT2D eigenvalue weighted by molar-refractivity contribution is -0.137. The van der Waals surface area contributed by atoms with Crippen molar-refractivity contribution in [1.82, 2.24) is 25.1 Å². The lowest BCUT2D eigenvalue weighted by atomic mass is 10.0. The molecule has 0 aliphatic heterocycles. The predicted octanol–water partition coefficient (Wildman–Crippen LogP) is 4.20. The Hall–Kier alpha value is -3.88. The second-order valence-electron chi connectivity index (χ2n) is 7.33. The number of imidazole rings is 1. The highest BCUT2D eigenvalue weighted by atomic mass is 19.4. The molecule has 0 saturated carbocycles. The lowest BCUT2D eigenvalue weighted by Gasteiger charge is -2.18. The van der Waals surface area contributed by atoms with Crippen LogP contribution in [-0.4, -0.2) is 31.7 Å². The van der Waals surface area contributed by atoms with Gasteiger partial charge in [0.15, 0.2) is 5.69 Å². The number of hydrogen-bond acceptors (Lipinski definition) is 3. The number of halogens is 3. The molecule has 0 bridgehead atoms. The molecule has 1 amide bonds. The van der Waals surface area contributed by atoms with Gasteiger partial charge in [-0.25, -0.2) is 9.67 Å². The second kappa shape index (κ2) is 9.09. The third kappa shape index (κ3) is 5.23. The van der Waals surface area contributed by atoms with Crippen molar-refractivity contribution in [2.24, 2.45) is 0 Å². The molecule has 4 rings (SSSR count). The molecule has 164 valence electrons. The van der Waals surface area contributed by atoms with Gasteiger partial charge in [0.25, 0.3) is 5.91 Å². The minimum atomic E-state index is -4.46. The molecule has 0 radical (unpaired) electrons. The number of carbonyl (C=O) groups is 1. The molecule has 0 saturated heterocycles. The SMILES string of the molecule is O=C(NC(Cc1ccccc1)Cc1cnc[nH]1)c1ccn(-c2cccc(C(F)(F)F)c2)n1. The van der Waals surface area contributed by atoms with E-state index in [1.165, 1.54) is 29.1 Å². The van der Waals surface area contributed by atoms with E-state index in [-0.39, 0.29) is 17.4 Å². The summed E-state index contributed by atoms with van der Waals surface area (Å²) >= 11 is 0. The molecule has 0 spiro atoms. The largest absolute Gasteiger partial charge is 0.416 e. The highest BCUT2D eigenvalue weighted by Crippen LogP contribution is 2.30. The van der Waals surface area contributed by atoms with Gasteiger partial charge < -0.3 is 10.3 Å². The maximum atomic E-state index is 13.0. The van der Waals surface area contributed by atoms with Gasteiger partial charge in [0, 0.05) is 30.6 Å². The molecule has 2 heterocycles. The van der Waals surface area contributed by atoms with Crippen molar-refractivity contribution in [3.63, 3.8) is 0 Å². The van der Waals surface area contributed by atoms with Gasteiger partial charge in [0.1, 0.15) is 0 Å². The molecule has 2 N–H and O–H groups in total. The van der Waals surface area contributed by atoms with Crippen LogP contribution in [0.25, 0.3) is 5.69 Å². The first kappa shape index (κ1) is 21.4. The van der Waals surface area contributed by atoms with Gasteiger partial charge in [-0.05, 0) is 36.2 Å². The van der Waals surface area contributed by atoms with Gasteiger partial charge in [-0.15, -0.1) is 0 Å². The number of rotatable bonds is 7. The van der Waals surface area contributed by atoms with E-state index in [0.29, 0.717) is 12.8 Å². The van der Waals surface area contributed by atoms with Crippen LogP contribution in [0.5, 0.6) is 0 Å². The summed E-state index contributed by atoms with van der Waals surface area (Å²) in [6.45, 7) is 0. The minimum Gasteiger partial charge on any atom is -0.348 e. The Morgan fingerprint density at radius 3 is 2.59 bits per heavy atom. The minimum absolute atomic E-state index is 0.116. The zero-order valence-electron chi connectivity index (χ0n) is 16.9. The third-order valence-corrected chi connectivity index (χ3v) is 4.94. The number of carbonyl (C=O) groups excluding carboxylic acids is 1. The highest BCUT2D eigenvalue weighted by molar-refractivity contribution is 5.92. The second-order valence-corrected chi connectivity index (χ2v) is 7.33. The van der Waals surface area contributed by atoms with Crippen LogP contribution >= 0.6 is 0 Å². The van der Waals surface area contributed by atoms with E-state index in [0.717, 1.165) is 23.4 Å². The first-order valence-corrected chi connectivity index (χ1v) is 9.94. The third-order valence-electron chi connectivity index (χ3n) is 4.94. The standard InChI is InChI=1S/C23H20F3N5O/c24-23(25,26)17-7-4-8-20(12-17)31-10-9-21(30-31)22(32)29-18(13-19-14-27-15-28-19)11-16-5-2-1-3-6-16/h1-10,12,14-15,18H,11,13H2,(H,27,28)(H,29,32). The fourth-order valence-corrected chi connectivity index (χ4v) is 3.41. The molecule has 32 heavy (non-hydrogen) atoms. The van der Waals surface area contributed by atoms with E-state index in [9.17, 15) is 18.0 Å². The van der Waals surface area contributed by atoms with Crippen molar-refractivity contribution in [1.29, 1.82) is 0 Å². The molecule has 2 aromatic heterocycles. The Balaban J connectivity index is 1.51. The van der Waals surface area contributed by atoms with Crippen LogP contribution < -0.4 is 5.32 Å². The van der Waals surface area contributed by atoms with Gasteiger partial charge in [0.05, 0.1) is 17.6 Å². The summed E-state index contributed by atoms with van der Waals surface area (Å²) in [5.74, 6) is -0.406. The van der Waals surface area contributed by atoms with Crippen molar-refractivity contribution in [3.05, 3.63) is 102 Å². The van der Waals surface area contributed by atoms with Crippen molar-refractivity contribution < 1.29 is 18.0 Å². The zero-order valence-corrected chi connectivity index (χ0v) is 16.9. The number of benzene rings is 2. The molecule has 4 aromatic rings. The molecular weight excluding hydrogens is 419 g/mol. The Morgan fingerprint density at radius 1 is 1.06 bits per heavy atom. The average molecular weight is 439 g/mol. The zero-order chi connectivity index (χ0) is 22.6. The van der Waals surface area contributed by atoms with Crippen LogP contribution in [0.2, 0.25) is 0 Å². The number of nitrogens with one attached hydrogen (secondary N) is 2. The first-order chi connectivity index (χ1) is 15.4. The smallest absolute Gasteiger partial charge is 0.348 e. The van der Waals surface area contributed by atoms with Crippen molar-refractivity contribution >= 4 is 5.91 Å². The Kier molecular flexibility index (Phi) is 6.07. The van der Waals surface area contributed by atoms with Gasteiger partial charge >= 0.3 is 6.18 Å². The summed E-state index contributed by atoms with van der Waals surface area (Å²) in [4.78, 5) is 19.9. The lowest BCUT2D eigenvalue weighted by Crippen LogP contribution is -2.38. The molecule has 0 aliphatic carbocycles. The highest BCUT2D eigenvalue weighted by Gasteiger charge is 2.30. The average Bonchev–Trinajstić information content (AvgIpc) is 3.46. The maximum Gasteiger partial charge on any atom is 0.416 e. The molecule has 1 unspecified atom stereocenters. The topological polar surface area (TPSA) is 75.6 Å². The van der Waals surface area contributed by atoms with E-state index < -0.39 is 17.6 Å². The van der Waals surface area contributed by atoms with Gasteiger partial charge in [-0.1, -0.05) is 36.4 Å². The normalized spacial score (nSPS) is 12.5. The van der Waals surface area contributed by atoms with Gasteiger partial charge in [-0.3, -0.25) is 4.79 Å². The summed E-state index contributed by atoms with van der Waals surface area (Å²) in [6.07, 6.45) is 1.42. The van der Waals surface area contributed by atoms with Crippen LogP contribution in [-0.2, 0) is 19.0 Å². The summed E-state index contributed by atoms with van der Waals surface area (Å²) < 4.78 is 40.2. The van der Waals surface area contributed by atoms with Crippen molar-refractivity contribution in [2.45, 2.75) is 25.1 Å². The van der Waals surface area contributed by atoms with E-state index in [4.69, 9.17) is 0 Å². The number of aromatic amines is 1. The van der Waals surface area contributed by atoms with Crippen molar-refractivity contribution in [2.75, 3.05) is 0 Å². The number of hydrogen-bond donors (Lipinski definition) is 2. The molecule has 2 aromatic carbocycles. The fraction of sp³-hybridized carbons (Fsp3) is 0.174. The Morgan fingerprint density at radius 2 is 1.88 bits per heavy atom. The number of amides is 1. The van der Waals surface area contributed by atoms with Crippen LogP contribution in [0.1, 0.15) is 27.3 Å². The number of nitrogens with zero attached hydrogens (tertiary/aromatic N) is 3. The van der Waals surface area contributed by atoms with E-state index >= 15 is 0 Å². The molecule has 0 aliphatic rings. The number of alkyl halides is 3. The monoisotopic (exact) mass is 439 g/mol. The van der Waals surface area contributed by atoms with E-state index in [1.807, 2.05) is 30.3 Å².